The fourth-order valence-electron chi connectivity index (χ4n) is 4.68. The molecule has 2 aromatic carbocycles. The number of phenolic OH excluding ortho intramolecular Hbond substituents is 2. The molecule has 146 valence electrons. The van der Waals surface area contributed by atoms with Gasteiger partial charge < -0.3 is 15.1 Å². The Morgan fingerprint density at radius 2 is 1.07 bits per heavy atom. The van der Waals surface area contributed by atoms with E-state index in [0.717, 1.165) is 35.3 Å². The van der Waals surface area contributed by atoms with E-state index in [0.29, 0.717) is 17.5 Å². The second kappa shape index (κ2) is 8.35. The van der Waals surface area contributed by atoms with Gasteiger partial charge in [0.25, 0.3) is 0 Å². The summed E-state index contributed by atoms with van der Waals surface area (Å²) < 4.78 is 0. The number of nitrogens with one attached hydrogen (secondary N) is 1. The summed E-state index contributed by atoms with van der Waals surface area (Å²) in [6.45, 7) is 9.90. The van der Waals surface area contributed by atoms with Crippen molar-refractivity contribution in [2.75, 3.05) is 0 Å². The smallest absolute Gasteiger partial charge is 0.121 e. The van der Waals surface area contributed by atoms with Crippen molar-refractivity contribution in [2.24, 2.45) is 0 Å². The van der Waals surface area contributed by atoms with E-state index in [4.69, 9.17) is 0 Å². The van der Waals surface area contributed by atoms with Crippen molar-refractivity contribution < 1.29 is 15.1 Å². The lowest BCUT2D eigenvalue weighted by Crippen LogP contribution is -3.13. The zero-order valence-corrected chi connectivity index (χ0v) is 17.2. The molecule has 1 saturated carbocycles. The highest BCUT2D eigenvalue weighted by atomic mass is 16.3. The Morgan fingerprint density at radius 3 is 1.44 bits per heavy atom. The number of benzene rings is 2. The van der Waals surface area contributed by atoms with Crippen molar-refractivity contribution in [1.29, 1.82) is 0 Å². The summed E-state index contributed by atoms with van der Waals surface area (Å²) in [6, 6.07) is 9.23. The van der Waals surface area contributed by atoms with Gasteiger partial charge >= 0.3 is 0 Å². The van der Waals surface area contributed by atoms with Crippen LogP contribution in [0.25, 0.3) is 0 Å². The van der Waals surface area contributed by atoms with E-state index in [2.05, 4.69) is 24.3 Å². The predicted molar refractivity (Wildman–Crippen MR) is 110 cm³/mol. The van der Waals surface area contributed by atoms with Gasteiger partial charge in [0.1, 0.15) is 24.6 Å². The zero-order valence-electron chi connectivity index (χ0n) is 17.2. The largest absolute Gasteiger partial charge is 0.507 e. The van der Waals surface area contributed by atoms with Crippen LogP contribution in [0.15, 0.2) is 24.3 Å². The minimum Gasteiger partial charge on any atom is -0.507 e. The van der Waals surface area contributed by atoms with E-state index < -0.39 is 0 Å². The molecule has 27 heavy (non-hydrogen) atoms. The fraction of sp³-hybridized carbons (Fsp3) is 0.500. The normalized spacial score (nSPS) is 15.4. The van der Waals surface area contributed by atoms with Crippen LogP contribution in [0.4, 0.5) is 0 Å². The van der Waals surface area contributed by atoms with Gasteiger partial charge in [-0.05, 0) is 99.9 Å². The Kier molecular flexibility index (Phi) is 6.11. The van der Waals surface area contributed by atoms with E-state index in [9.17, 15) is 10.2 Å². The van der Waals surface area contributed by atoms with Gasteiger partial charge in [0, 0.05) is 11.1 Å². The molecule has 0 amide bonds. The quantitative estimate of drug-likeness (QED) is 0.739. The number of rotatable bonds is 5. The van der Waals surface area contributed by atoms with E-state index in [-0.39, 0.29) is 0 Å². The molecule has 1 aliphatic carbocycles. The van der Waals surface area contributed by atoms with Gasteiger partial charge in [0.05, 0.1) is 6.04 Å². The molecule has 0 radical (unpaired) electrons. The molecule has 1 aliphatic rings. The molecule has 0 unspecified atom stereocenters. The van der Waals surface area contributed by atoms with Crippen LogP contribution in [0.1, 0.15) is 65.5 Å². The molecule has 3 rings (SSSR count). The maximum Gasteiger partial charge on any atom is 0.121 e. The van der Waals surface area contributed by atoms with Crippen molar-refractivity contribution in [3.63, 3.8) is 0 Å². The maximum absolute atomic E-state index is 10.1. The van der Waals surface area contributed by atoms with Gasteiger partial charge in [0.15, 0.2) is 0 Å². The molecule has 0 spiro atoms. The van der Waals surface area contributed by atoms with Crippen LogP contribution in [0.2, 0.25) is 0 Å². The average Bonchev–Trinajstić information content (AvgIpc) is 2.64. The summed E-state index contributed by atoms with van der Waals surface area (Å²) in [7, 11) is 0. The topological polar surface area (TPSA) is 44.9 Å². The molecule has 0 atom stereocenters. The fourth-order valence-corrected chi connectivity index (χ4v) is 4.68. The van der Waals surface area contributed by atoms with Gasteiger partial charge in [-0.15, -0.1) is 0 Å². The number of hydrogen-bond donors (Lipinski definition) is 3. The first kappa shape index (κ1) is 19.8. The summed E-state index contributed by atoms with van der Waals surface area (Å²) in [5, 5.41) is 20.2. The van der Waals surface area contributed by atoms with Crippen molar-refractivity contribution in [3.05, 3.63) is 57.6 Å². The molecular weight excluding hydrogens is 334 g/mol. The third kappa shape index (κ3) is 4.65. The Balaban J connectivity index is 1.87. The molecule has 3 heteroatoms. The maximum atomic E-state index is 10.1. The molecule has 2 aromatic rings. The van der Waals surface area contributed by atoms with Crippen molar-refractivity contribution >= 4 is 0 Å². The highest BCUT2D eigenvalue weighted by Crippen LogP contribution is 2.24. The highest BCUT2D eigenvalue weighted by Gasteiger charge is 2.25. The number of quaternary nitrogens is 1. The molecule has 0 aliphatic heterocycles. The summed E-state index contributed by atoms with van der Waals surface area (Å²) in [4.78, 5) is 1.60. The number of aryl methyl sites for hydroxylation is 4. The van der Waals surface area contributed by atoms with Gasteiger partial charge in [-0.1, -0.05) is 6.42 Å². The Labute approximate surface area is 163 Å². The first-order chi connectivity index (χ1) is 12.8. The molecule has 3 nitrogen and oxygen atoms in total. The van der Waals surface area contributed by atoms with E-state index in [1.165, 1.54) is 43.2 Å². The first-order valence-electron chi connectivity index (χ1n) is 10.3. The molecular formula is C24H34NO2+. The summed E-state index contributed by atoms with van der Waals surface area (Å²) in [5.74, 6) is 0.838. The van der Waals surface area contributed by atoms with Crippen LogP contribution >= 0.6 is 0 Å². The van der Waals surface area contributed by atoms with Crippen LogP contribution in [0.5, 0.6) is 11.5 Å². The molecule has 0 bridgehead atoms. The van der Waals surface area contributed by atoms with Gasteiger partial charge in [-0.2, -0.15) is 0 Å². The number of aromatic hydroxyl groups is 2. The minimum absolute atomic E-state index is 0.419. The lowest BCUT2D eigenvalue weighted by Gasteiger charge is -2.32. The molecule has 0 aromatic heterocycles. The lowest BCUT2D eigenvalue weighted by molar-refractivity contribution is -0.953. The SMILES string of the molecule is Cc1cc(C[NH+](Cc2cc(C)c(O)c(C)c2)C2CCCCC2)cc(C)c1O. The number of phenols is 2. The second-order valence-corrected chi connectivity index (χ2v) is 8.50. The van der Waals surface area contributed by atoms with Crippen LogP contribution in [-0.4, -0.2) is 16.3 Å². The summed E-state index contributed by atoms with van der Waals surface area (Å²) in [5.41, 5.74) is 6.45. The average molecular weight is 369 g/mol. The highest BCUT2D eigenvalue weighted by molar-refractivity contribution is 5.42. The zero-order chi connectivity index (χ0) is 19.6. The molecule has 1 fully saturated rings. The van der Waals surface area contributed by atoms with Gasteiger partial charge in [-0.25, -0.2) is 0 Å². The molecule has 0 heterocycles. The van der Waals surface area contributed by atoms with Crippen molar-refractivity contribution in [3.8, 4) is 11.5 Å². The van der Waals surface area contributed by atoms with Crippen LogP contribution in [0, 0.1) is 27.7 Å². The summed E-state index contributed by atoms with van der Waals surface area (Å²) >= 11 is 0. The van der Waals surface area contributed by atoms with Crippen LogP contribution < -0.4 is 4.90 Å². The standard InChI is InChI=1S/C24H33NO2/c1-16-10-20(11-17(2)23(16)26)14-25(22-8-6-5-7-9-22)15-21-12-18(3)24(27)19(4)13-21/h10-13,22,26-27H,5-9,14-15H2,1-4H3/p+1. The van der Waals surface area contributed by atoms with Crippen molar-refractivity contribution in [2.45, 2.75) is 78.9 Å². The summed E-state index contributed by atoms with van der Waals surface area (Å²) in [6.07, 6.45) is 6.60. The monoisotopic (exact) mass is 368 g/mol. The Bertz CT molecular complexity index is 701. The third-order valence-electron chi connectivity index (χ3n) is 6.15. The van der Waals surface area contributed by atoms with Gasteiger partial charge in [0.2, 0.25) is 0 Å². The minimum atomic E-state index is 0.419. The third-order valence-corrected chi connectivity index (χ3v) is 6.15. The lowest BCUT2D eigenvalue weighted by atomic mass is 9.93. The Hall–Kier alpha value is -2.00. The predicted octanol–water partition coefficient (Wildman–Crippen LogP) is 4.25. The van der Waals surface area contributed by atoms with E-state index >= 15 is 0 Å². The van der Waals surface area contributed by atoms with Crippen LogP contribution in [-0.2, 0) is 13.1 Å². The Morgan fingerprint density at radius 1 is 0.704 bits per heavy atom. The van der Waals surface area contributed by atoms with E-state index in [1.54, 1.807) is 4.90 Å². The first-order valence-corrected chi connectivity index (χ1v) is 10.3. The second-order valence-electron chi connectivity index (χ2n) is 8.50. The van der Waals surface area contributed by atoms with Gasteiger partial charge in [-0.3, -0.25) is 0 Å². The molecule has 0 saturated heterocycles. The molecule has 3 N–H and O–H groups in total. The van der Waals surface area contributed by atoms with Crippen molar-refractivity contribution in [1.82, 2.24) is 0 Å². The van der Waals surface area contributed by atoms with Crippen LogP contribution in [0.3, 0.4) is 0 Å². The number of hydrogen-bond acceptors (Lipinski definition) is 2. The van der Waals surface area contributed by atoms with E-state index in [1.807, 2.05) is 27.7 Å².